The zero-order valence-electron chi connectivity index (χ0n) is 36.8. The summed E-state index contributed by atoms with van der Waals surface area (Å²) in [5.41, 5.74) is 3.71. The van der Waals surface area contributed by atoms with E-state index in [-0.39, 0.29) is 35.8 Å². The average Bonchev–Trinajstić information content (AvgIpc) is 3.26. The maximum absolute atomic E-state index is 14.0. The quantitative estimate of drug-likeness (QED) is 0.102. The monoisotopic (exact) mass is 994 g/mol. The summed E-state index contributed by atoms with van der Waals surface area (Å²) >= 11 is 17.8. The van der Waals surface area contributed by atoms with E-state index in [0.717, 1.165) is 40.5 Å². The van der Waals surface area contributed by atoms with E-state index < -0.39 is 41.1 Å². The number of carbonyl (C=O) groups is 2. The Kier molecular flexibility index (Phi) is 16.6. The minimum Gasteiger partial charge on any atom is -0.334 e. The lowest BCUT2D eigenvalue weighted by Gasteiger charge is -2.27. The molecule has 2 saturated carbocycles. The standard InChI is InChI=1S/C27H24Cl2F3NO.C27H24ClF4NO/c2*28-24-10-6-18(7-11-24)12-13-33(17-19-4-8-21(9-5-19)20-2-1-3-20)26(34)22-14-23(27(30,31)32)16-25(29)15-22/h2*4-11,14-16,20H,1-3,12-13,17H2. The third-order valence-electron chi connectivity index (χ3n) is 12.5. The van der Waals surface area contributed by atoms with Crippen LogP contribution in [-0.4, -0.2) is 34.7 Å². The first-order valence-corrected chi connectivity index (χ1v) is 23.5. The Morgan fingerprint density at radius 1 is 0.471 bits per heavy atom. The molecule has 14 heteroatoms. The Morgan fingerprint density at radius 2 is 0.838 bits per heavy atom. The summed E-state index contributed by atoms with van der Waals surface area (Å²) in [5, 5.41) is 1.07. The van der Waals surface area contributed by atoms with Gasteiger partial charge in [0.2, 0.25) is 0 Å². The van der Waals surface area contributed by atoms with Crippen LogP contribution >= 0.6 is 34.8 Å². The molecule has 2 aliphatic rings. The molecule has 356 valence electrons. The number of carbonyl (C=O) groups excluding carboxylic acids is 2. The zero-order chi connectivity index (χ0) is 48.6. The van der Waals surface area contributed by atoms with Gasteiger partial charge in [-0.15, -0.1) is 0 Å². The lowest BCUT2D eigenvalue weighted by Crippen LogP contribution is -2.33. The van der Waals surface area contributed by atoms with E-state index in [9.17, 15) is 40.3 Å². The van der Waals surface area contributed by atoms with E-state index in [2.05, 4.69) is 12.1 Å². The van der Waals surface area contributed by atoms with Gasteiger partial charge in [-0.2, -0.15) is 26.3 Å². The van der Waals surface area contributed by atoms with Crippen molar-refractivity contribution in [2.24, 2.45) is 0 Å². The van der Waals surface area contributed by atoms with E-state index in [0.29, 0.717) is 53.4 Å². The Labute approximate surface area is 406 Å². The molecule has 6 aromatic carbocycles. The van der Waals surface area contributed by atoms with Crippen LogP contribution in [0.5, 0.6) is 0 Å². The van der Waals surface area contributed by atoms with E-state index in [1.165, 1.54) is 60.6 Å². The van der Waals surface area contributed by atoms with Gasteiger partial charge < -0.3 is 9.80 Å². The van der Waals surface area contributed by atoms with Crippen molar-refractivity contribution in [2.45, 2.75) is 88.6 Å². The number of hydrogen-bond donors (Lipinski definition) is 0. The fourth-order valence-corrected chi connectivity index (χ4v) is 8.66. The smallest absolute Gasteiger partial charge is 0.334 e. The maximum atomic E-state index is 14.0. The van der Waals surface area contributed by atoms with Gasteiger partial charge in [0.15, 0.2) is 0 Å². The lowest BCUT2D eigenvalue weighted by molar-refractivity contribution is -0.138. The molecule has 2 fully saturated rings. The van der Waals surface area contributed by atoms with Crippen molar-refractivity contribution in [1.29, 1.82) is 0 Å². The second-order valence-electron chi connectivity index (χ2n) is 17.4. The number of halogens is 10. The first-order valence-electron chi connectivity index (χ1n) is 22.4. The second-order valence-corrected chi connectivity index (χ2v) is 18.7. The van der Waals surface area contributed by atoms with Gasteiger partial charge >= 0.3 is 12.4 Å². The van der Waals surface area contributed by atoms with Gasteiger partial charge in [0.05, 0.1) is 11.1 Å². The second kappa shape index (κ2) is 22.4. The highest BCUT2D eigenvalue weighted by Crippen LogP contribution is 2.38. The van der Waals surface area contributed by atoms with Crippen LogP contribution in [0.15, 0.2) is 133 Å². The minimum absolute atomic E-state index is 0.0815. The number of hydrogen-bond acceptors (Lipinski definition) is 2. The van der Waals surface area contributed by atoms with Crippen molar-refractivity contribution in [3.63, 3.8) is 0 Å². The summed E-state index contributed by atoms with van der Waals surface area (Å²) in [7, 11) is 0. The molecule has 0 N–H and O–H groups in total. The Bertz CT molecular complexity index is 2460. The first kappa shape index (κ1) is 50.5. The molecule has 0 heterocycles. The molecule has 6 aromatic rings. The minimum atomic E-state index is -4.75. The topological polar surface area (TPSA) is 40.6 Å². The summed E-state index contributed by atoms with van der Waals surface area (Å²) in [6.07, 6.45) is -1.11. The van der Waals surface area contributed by atoms with Crippen molar-refractivity contribution >= 4 is 46.6 Å². The first-order chi connectivity index (χ1) is 32.4. The Hall–Kier alpha value is -5.36. The average molecular weight is 996 g/mol. The molecule has 0 aliphatic heterocycles. The largest absolute Gasteiger partial charge is 0.416 e. The van der Waals surface area contributed by atoms with Crippen LogP contribution in [0.2, 0.25) is 15.1 Å². The molecule has 68 heavy (non-hydrogen) atoms. The fraction of sp³-hybridized carbons (Fsp3) is 0.296. The molecule has 4 nitrogen and oxygen atoms in total. The van der Waals surface area contributed by atoms with Crippen molar-refractivity contribution in [1.82, 2.24) is 9.80 Å². The van der Waals surface area contributed by atoms with Gasteiger partial charge in [0.1, 0.15) is 5.82 Å². The molecule has 0 atom stereocenters. The van der Waals surface area contributed by atoms with Crippen molar-refractivity contribution in [3.05, 3.63) is 210 Å². The van der Waals surface area contributed by atoms with E-state index in [1.54, 1.807) is 29.2 Å². The van der Waals surface area contributed by atoms with Gasteiger partial charge in [0.25, 0.3) is 11.8 Å². The van der Waals surface area contributed by atoms with Crippen LogP contribution in [0.4, 0.5) is 30.7 Å². The summed E-state index contributed by atoms with van der Waals surface area (Å²) < 4.78 is 93.5. The molecular weight excluding hydrogens is 948 g/mol. The number of amides is 2. The summed E-state index contributed by atoms with van der Waals surface area (Å²) in [4.78, 5) is 29.7. The summed E-state index contributed by atoms with van der Waals surface area (Å²) in [6, 6.07) is 35.5. The zero-order valence-corrected chi connectivity index (χ0v) is 39.1. The van der Waals surface area contributed by atoms with Crippen LogP contribution < -0.4 is 0 Å². The van der Waals surface area contributed by atoms with Crippen molar-refractivity contribution in [2.75, 3.05) is 13.1 Å². The van der Waals surface area contributed by atoms with Crippen LogP contribution in [0, 0.1) is 5.82 Å². The maximum Gasteiger partial charge on any atom is 0.416 e. The van der Waals surface area contributed by atoms with E-state index in [1.807, 2.05) is 60.7 Å². The highest BCUT2D eigenvalue weighted by Gasteiger charge is 2.34. The molecule has 2 amide bonds. The number of alkyl halides is 6. The predicted molar refractivity (Wildman–Crippen MR) is 254 cm³/mol. The van der Waals surface area contributed by atoms with Crippen LogP contribution in [0.1, 0.15) is 116 Å². The van der Waals surface area contributed by atoms with Gasteiger partial charge in [-0.3, -0.25) is 9.59 Å². The normalized spacial score (nSPS) is 14.0. The Balaban J connectivity index is 0.000000201. The molecule has 2 aliphatic carbocycles. The van der Waals surface area contributed by atoms with E-state index in [4.69, 9.17) is 34.8 Å². The molecule has 0 radical (unpaired) electrons. The number of nitrogens with zero attached hydrogens (tertiary/aromatic N) is 2. The molecule has 0 spiro atoms. The van der Waals surface area contributed by atoms with Crippen LogP contribution in [0.3, 0.4) is 0 Å². The van der Waals surface area contributed by atoms with Gasteiger partial charge in [-0.05, 0) is 144 Å². The molecule has 0 aromatic heterocycles. The van der Waals surface area contributed by atoms with Gasteiger partial charge in [0, 0.05) is 52.4 Å². The fourth-order valence-electron chi connectivity index (χ4n) is 8.17. The highest BCUT2D eigenvalue weighted by atomic mass is 35.5. The van der Waals surface area contributed by atoms with Gasteiger partial charge in [-0.1, -0.05) is 120 Å². The molecule has 0 bridgehead atoms. The molecule has 0 saturated heterocycles. The number of rotatable bonds is 14. The summed E-state index contributed by atoms with van der Waals surface area (Å²) in [5.74, 6) is -1.07. The van der Waals surface area contributed by atoms with E-state index >= 15 is 0 Å². The van der Waals surface area contributed by atoms with Crippen LogP contribution in [-0.2, 0) is 38.3 Å². The van der Waals surface area contributed by atoms with Crippen LogP contribution in [0.25, 0.3) is 0 Å². The molecule has 0 unspecified atom stereocenters. The lowest BCUT2D eigenvalue weighted by atomic mass is 9.80. The van der Waals surface area contributed by atoms with Crippen molar-refractivity contribution in [3.8, 4) is 0 Å². The molecular formula is C54H48Cl3F7N2O2. The third kappa shape index (κ3) is 13.9. The SMILES string of the molecule is O=C(c1cc(Cl)cc(C(F)(F)F)c1)N(CCc1ccc(Cl)cc1)Cc1ccc(C2CCC2)cc1.O=C(c1cc(F)cc(C(F)(F)F)c1)N(CCc1ccc(Cl)cc1)Cc1ccc(C2CCC2)cc1. The predicted octanol–water partition coefficient (Wildman–Crippen LogP) is 15.8. The highest BCUT2D eigenvalue weighted by molar-refractivity contribution is 6.31. The third-order valence-corrected chi connectivity index (χ3v) is 13.3. The molecule has 8 rings (SSSR count). The number of benzene rings is 6. The van der Waals surface area contributed by atoms with Crippen molar-refractivity contribution < 1.29 is 40.3 Å². The Morgan fingerprint density at radius 3 is 1.21 bits per heavy atom. The summed E-state index contributed by atoms with van der Waals surface area (Å²) in [6.45, 7) is 1.07. The van der Waals surface area contributed by atoms with Gasteiger partial charge in [-0.25, -0.2) is 4.39 Å².